The molecule has 2 heterocycles. The van der Waals surface area contributed by atoms with Crippen LogP contribution < -0.4 is 4.74 Å². The topological polar surface area (TPSA) is 60.2 Å². The zero-order valence-corrected chi connectivity index (χ0v) is 10.2. The maximum atomic E-state index is 9.75. The molecular formula is C13H15N3O2. The van der Waals surface area contributed by atoms with Crippen molar-refractivity contribution in [2.75, 3.05) is 7.11 Å². The van der Waals surface area contributed by atoms with E-state index in [1.54, 1.807) is 7.11 Å². The number of aromatic nitrogens is 3. The van der Waals surface area contributed by atoms with Gasteiger partial charge in [-0.1, -0.05) is 12.1 Å². The Bertz CT molecular complexity index is 565. The fourth-order valence-corrected chi connectivity index (χ4v) is 2.29. The maximum absolute atomic E-state index is 9.75. The molecule has 0 saturated heterocycles. The Balaban J connectivity index is 2.04. The predicted octanol–water partition coefficient (Wildman–Crippen LogP) is 1.26. The number of hydrogen-bond acceptors (Lipinski definition) is 4. The Hall–Kier alpha value is -1.88. The van der Waals surface area contributed by atoms with Crippen LogP contribution in [0.25, 0.3) is 11.4 Å². The molecule has 1 unspecified atom stereocenters. The summed E-state index contributed by atoms with van der Waals surface area (Å²) < 4.78 is 7.20. The van der Waals surface area contributed by atoms with Gasteiger partial charge in [-0.2, -0.15) is 0 Å². The summed E-state index contributed by atoms with van der Waals surface area (Å²) in [4.78, 5) is 0. The molecule has 0 spiro atoms. The number of hydrogen-bond donors (Lipinski definition) is 1. The molecule has 5 nitrogen and oxygen atoms in total. The Morgan fingerprint density at radius 3 is 3.11 bits per heavy atom. The molecule has 0 saturated carbocycles. The van der Waals surface area contributed by atoms with Crippen LogP contribution in [0.5, 0.6) is 5.75 Å². The zero-order valence-electron chi connectivity index (χ0n) is 10.2. The SMILES string of the molecule is COc1cccc(-c2nnc3n2CC(O)CC3)c1. The normalized spacial score (nSPS) is 18.4. The summed E-state index contributed by atoms with van der Waals surface area (Å²) in [5.74, 6) is 2.53. The third-order valence-electron chi connectivity index (χ3n) is 3.25. The quantitative estimate of drug-likeness (QED) is 0.865. The van der Waals surface area contributed by atoms with Crippen LogP contribution in [0.2, 0.25) is 0 Å². The Morgan fingerprint density at radius 1 is 1.39 bits per heavy atom. The Kier molecular flexibility index (Phi) is 2.76. The second-order valence-electron chi connectivity index (χ2n) is 4.47. The first-order valence-corrected chi connectivity index (χ1v) is 6.02. The van der Waals surface area contributed by atoms with Crippen LogP contribution in [0.1, 0.15) is 12.2 Å². The fourth-order valence-electron chi connectivity index (χ4n) is 2.29. The van der Waals surface area contributed by atoms with E-state index in [-0.39, 0.29) is 6.10 Å². The molecule has 2 aromatic rings. The van der Waals surface area contributed by atoms with Gasteiger partial charge >= 0.3 is 0 Å². The second-order valence-corrected chi connectivity index (χ2v) is 4.47. The monoisotopic (exact) mass is 245 g/mol. The first-order chi connectivity index (χ1) is 8.78. The van der Waals surface area contributed by atoms with Gasteiger partial charge in [0.05, 0.1) is 19.8 Å². The van der Waals surface area contributed by atoms with Crippen molar-refractivity contribution in [1.82, 2.24) is 14.8 Å². The van der Waals surface area contributed by atoms with Gasteiger partial charge < -0.3 is 14.4 Å². The van der Waals surface area contributed by atoms with E-state index in [9.17, 15) is 5.11 Å². The second kappa shape index (κ2) is 4.42. The molecule has 0 aliphatic carbocycles. The van der Waals surface area contributed by atoms with Gasteiger partial charge in [0.15, 0.2) is 5.82 Å². The number of aryl methyl sites for hydroxylation is 1. The molecule has 1 N–H and O–H groups in total. The summed E-state index contributed by atoms with van der Waals surface area (Å²) in [5, 5.41) is 18.2. The van der Waals surface area contributed by atoms with Gasteiger partial charge in [-0.15, -0.1) is 10.2 Å². The minimum atomic E-state index is -0.308. The van der Waals surface area contributed by atoms with Gasteiger partial charge in [-0.05, 0) is 18.6 Å². The molecule has 94 valence electrons. The van der Waals surface area contributed by atoms with E-state index < -0.39 is 0 Å². The molecule has 1 aromatic heterocycles. The number of aliphatic hydroxyl groups excluding tert-OH is 1. The standard InChI is InChI=1S/C13H15N3O2/c1-18-11-4-2-3-9(7-11)13-15-14-12-6-5-10(17)8-16(12)13/h2-4,7,10,17H,5-6,8H2,1H3. The first kappa shape index (κ1) is 11.2. The molecule has 1 aliphatic heterocycles. The van der Waals surface area contributed by atoms with Crippen LogP contribution in [0.4, 0.5) is 0 Å². The number of rotatable bonds is 2. The van der Waals surface area contributed by atoms with Crippen LogP contribution in [0.3, 0.4) is 0 Å². The Labute approximate surface area is 105 Å². The fraction of sp³-hybridized carbons (Fsp3) is 0.385. The highest BCUT2D eigenvalue weighted by molar-refractivity contribution is 5.58. The first-order valence-electron chi connectivity index (χ1n) is 6.02. The van der Waals surface area contributed by atoms with E-state index in [0.29, 0.717) is 6.54 Å². The molecule has 5 heteroatoms. The van der Waals surface area contributed by atoms with Gasteiger partial charge in [0.25, 0.3) is 0 Å². The van der Waals surface area contributed by atoms with Crippen LogP contribution in [0.15, 0.2) is 24.3 Å². The zero-order chi connectivity index (χ0) is 12.5. The van der Waals surface area contributed by atoms with Crippen molar-refractivity contribution >= 4 is 0 Å². The molecule has 0 radical (unpaired) electrons. The number of nitrogens with zero attached hydrogens (tertiary/aromatic N) is 3. The number of benzene rings is 1. The maximum Gasteiger partial charge on any atom is 0.164 e. The molecule has 1 atom stereocenters. The minimum absolute atomic E-state index is 0.308. The van der Waals surface area contributed by atoms with Gasteiger partial charge in [-0.25, -0.2) is 0 Å². The lowest BCUT2D eigenvalue weighted by Gasteiger charge is -2.20. The number of fused-ring (bicyclic) bond motifs is 1. The summed E-state index contributed by atoms with van der Waals surface area (Å²) in [6, 6.07) is 7.72. The lowest BCUT2D eigenvalue weighted by atomic mass is 10.1. The van der Waals surface area contributed by atoms with E-state index in [1.165, 1.54) is 0 Å². The van der Waals surface area contributed by atoms with E-state index in [2.05, 4.69) is 10.2 Å². The summed E-state index contributed by atoms with van der Waals surface area (Å²) in [7, 11) is 1.64. The highest BCUT2D eigenvalue weighted by Gasteiger charge is 2.21. The van der Waals surface area contributed by atoms with Crippen LogP contribution >= 0.6 is 0 Å². The van der Waals surface area contributed by atoms with Gasteiger partial charge in [-0.3, -0.25) is 0 Å². The summed E-state index contributed by atoms with van der Waals surface area (Å²) >= 11 is 0. The van der Waals surface area contributed by atoms with E-state index >= 15 is 0 Å². The molecule has 0 bridgehead atoms. The molecule has 1 aromatic carbocycles. The van der Waals surface area contributed by atoms with Crippen LogP contribution in [-0.4, -0.2) is 33.1 Å². The van der Waals surface area contributed by atoms with Gasteiger partial charge in [0.2, 0.25) is 0 Å². The molecule has 0 amide bonds. The number of aliphatic hydroxyl groups is 1. The number of methoxy groups -OCH3 is 1. The Morgan fingerprint density at radius 2 is 2.28 bits per heavy atom. The summed E-state index contributed by atoms with van der Waals surface area (Å²) in [5.41, 5.74) is 0.960. The number of ether oxygens (including phenoxy) is 1. The predicted molar refractivity (Wildman–Crippen MR) is 66.3 cm³/mol. The third-order valence-corrected chi connectivity index (χ3v) is 3.25. The average molecular weight is 245 g/mol. The lowest BCUT2D eigenvalue weighted by Crippen LogP contribution is -2.24. The smallest absolute Gasteiger partial charge is 0.164 e. The van der Waals surface area contributed by atoms with Crippen molar-refractivity contribution in [3.05, 3.63) is 30.1 Å². The highest BCUT2D eigenvalue weighted by atomic mass is 16.5. The highest BCUT2D eigenvalue weighted by Crippen LogP contribution is 2.25. The van der Waals surface area contributed by atoms with Crippen molar-refractivity contribution in [3.8, 4) is 17.1 Å². The largest absolute Gasteiger partial charge is 0.497 e. The van der Waals surface area contributed by atoms with Crippen molar-refractivity contribution in [1.29, 1.82) is 0 Å². The van der Waals surface area contributed by atoms with E-state index in [4.69, 9.17) is 4.74 Å². The van der Waals surface area contributed by atoms with Gasteiger partial charge in [0, 0.05) is 12.0 Å². The van der Waals surface area contributed by atoms with E-state index in [0.717, 1.165) is 35.8 Å². The molecule has 18 heavy (non-hydrogen) atoms. The molecule has 3 rings (SSSR count). The van der Waals surface area contributed by atoms with Crippen molar-refractivity contribution in [2.45, 2.75) is 25.5 Å². The molecule has 0 fully saturated rings. The molecular weight excluding hydrogens is 230 g/mol. The summed E-state index contributed by atoms with van der Waals surface area (Å²) in [6.07, 6.45) is 1.23. The summed E-state index contributed by atoms with van der Waals surface area (Å²) in [6.45, 7) is 0.564. The van der Waals surface area contributed by atoms with Crippen LogP contribution in [-0.2, 0) is 13.0 Å². The van der Waals surface area contributed by atoms with Crippen molar-refractivity contribution < 1.29 is 9.84 Å². The van der Waals surface area contributed by atoms with Crippen molar-refractivity contribution in [2.24, 2.45) is 0 Å². The molecule has 1 aliphatic rings. The average Bonchev–Trinajstić information content (AvgIpc) is 2.81. The van der Waals surface area contributed by atoms with Gasteiger partial charge in [0.1, 0.15) is 11.6 Å². The van der Waals surface area contributed by atoms with Crippen molar-refractivity contribution in [3.63, 3.8) is 0 Å². The van der Waals surface area contributed by atoms with E-state index in [1.807, 2.05) is 28.8 Å². The lowest BCUT2D eigenvalue weighted by molar-refractivity contribution is 0.131. The van der Waals surface area contributed by atoms with Crippen LogP contribution in [0, 0.1) is 0 Å². The third kappa shape index (κ3) is 1.86. The minimum Gasteiger partial charge on any atom is -0.497 e.